The van der Waals surface area contributed by atoms with Crippen molar-refractivity contribution < 1.29 is 98.0 Å². The molecule has 1 aliphatic rings. The number of phosphoric acid groups is 1. The molecule has 5 atom stereocenters. The van der Waals surface area contributed by atoms with Gasteiger partial charge in [-0.3, -0.25) is 0 Å². The van der Waals surface area contributed by atoms with E-state index in [-0.39, 0.29) is 59.1 Å². The molecule has 8 nitrogen and oxygen atoms in total. The Morgan fingerprint density at radius 2 is 1.59 bits per heavy atom. The van der Waals surface area contributed by atoms with Gasteiger partial charge in [-0.2, -0.15) is 0 Å². The Morgan fingerprint density at radius 1 is 1.12 bits per heavy atom. The van der Waals surface area contributed by atoms with Gasteiger partial charge in [0.05, 0.1) is 13.9 Å². The van der Waals surface area contributed by atoms with Gasteiger partial charge in [0.15, 0.2) is 6.29 Å². The van der Waals surface area contributed by atoms with Gasteiger partial charge in [-0.05, 0) is 6.92 Å². The summed E-state index contributed by atoms with van der Waals surface area (Å²) < 4.78 is 18.8. The molecule has 0 aromatic rings. The molecule has 1 rings (SSSR count). The first kappa shape index (κ1) is 21.3. The van der Waals surface area contributed by atoms with Crippen LogP contribution < -0.4 is 68.9 Å². The fourth-order valence-corrected chi connectivity index (χ4v) is 1.66. The predicted octanol–water partition coefficient (Wildman–Crippen LogP) is -9.33. The molecule has 0 bridgehead atoms. The van der Waals surface area contributed by atoms with Crippen LogP contribution in [-0.2, 0) is 13.8 Å². The van der Waals surface area contributed by atoms with Gasteiger partial charge in [0.1, 0.15) is 18.3 Å². The summed E-state index contributed by atoms with van der Waals surface area (Å²) in [7, 11) is -5.32. The van der Waals surface area contributed by atoms with Crippen LogP contribution in [0.4, 0.5) is 0 Å². The average Bonchev–Trinajstić information content (AvgIpc) is 2.08. The SMILES string of the molecule is CC1O[C@@H](OP(=O)([O-])[O-])C(O)C(O)[C@H]1O.[Na+].[Na+]. The zero-order valence-corrected chi connectivity index (χ0v) is 14.6. The molecular weight excluding hydrogens is 277 g/mol. The van der Waals surface area contributed by atoms with Crippen molar-refractivity contribution in [2.75, 3.05) is 0 Å². The van der Waals surface area contributed by atoms with E-state index < -0.39 is 38.5 Å². The van der Waals surface area contributed by atoms with E-state index in [9.17, 15) is 29.7 Å². The van der Waals surface area contributed by atoms with Gasteiger partial charge in [-0.1, -0.05) is 0 Å². The molecule has 0 aromatic heterocycles. The fraction of sp³-hybridized carbons (Fsp3) is 1.00. The van der Waals surface area contributed by atoms with Crippen molar-refractivity contribution in [1.29, 1.82) is 0 Å². The first-order valence-corrected chi connectivity index (χ1v) is 5.58. The van der Waals surface area contributed by atoms with Crippen molar-refractivity contribution in [2.24, 2.45) is 0 Å². The van der Waals surface area contributed by atoms with Crippen molar-refractivity contribution in [1.82, 2.24) is 0 Å². The van der Waals surface area contributed by atoms with E-state index in [1.165, 1.54) is 6.92 Å². The molecule has 1 fully saturated rings. The molecule has 1 heterocycles. The normalized spacial score (nSPS) is 37.9. The fourth-order valence-electron chi connectivity index (χ4n) is 1.23. The van der Waals surface area contributed by atoms with Gasteiger partial charge in [0.25, 0.3) is 0 Å². The zero-order valence-electron chi connectivity index (χ0n) is 9.72. The molecule has 11 heteroatoms. The predicted molar refractivity (Wildman–Crippen MR) is 41.0 cm³/mol. The summed E-state index contributed by atoms with van der Waals surface area (Å²) in [5, 5.41) is 27.7. The molecule has 3 unspecified atom stereocenters. The van der Waals surface area contributed by atoms with E-state index in [0.29, 0.717) is 0 Å². The maximum absolute atomic E-state index is 10.3. The monoisotopic (exact) mass is 288 g/mol. The molecular formula is C6H11Na2O8P. The first-order chi connectivity index (χ1) is 6.72. The molecule has 0 aromatic carbocycles. The first-order valence-electron chi connectivity index (χ1n) is 4.12. The third-order valence-corrected chi connectivity index (χ3v) is 2.51. The van der Waals surface area contributed by atoms with Crippen LogP contribution in [-0.4, -0.2) is 46.0 Å². The van der Waals surface area contributed by atoms with Crippen LogP contribution in [0.2, 0.25) is 0 Å². The molecule has 3 N–H and O–H groups in total. The van der Waals surface area contributed by atoms with E-state index in [1.807, 2.05) is 0 Å². The molecule has 0 saturated carbocycles. The number of ether oxygens (including phenoxy) is 1. The van der Waals surface area contributed by atoms with Gasteiger partial charge in [0, 0.05) is 0 Å². The summed E-state index contributed by atoms with van der Waals surface area (Å²) in [6.45, 7) is 1.33. The summed E-state index contributed by atoms with van der Waals surface area (Å²) in [6, 6.07) is 0. The van der Waals surface area contributed by atoms with E-state index in [1.54, 1.807) is 0 Å². The number of hydrogen-bond acceptors (Lipinski definition) is 8. The summed E-state index contributed by atoms with van der Waals surface area (Å²) in [5.41, 5.74) is 0. The van der Waals surface area contributed by atoms with Crippen LogP contribution in [0.3, 0.4) is 0 Å². The van der Waals surface area contributed by atoms with E-state index in [0.717, 1.165) is 0 Å². The molecule has 1 aliphatic heterocycles. The standard InChI is InChI=1S/C6H13O8P.2Na/c1-2-3(7)4(8)5(9)6(13-2)14-15(10,11)12;;/h2-9H,1H3,(H2,10,11,12);;/q;2*+1/p-2/t2?,3-,4?,5?,6-;;/m0../s1. The van der Waals surface area contributed by atoms with Crippen LogP contribution >= 0.6 is 7.82 Å². The van der Waals surface area contributed by atoms with Crippen molar-refractivity contribution in [3.63, 3.8) is 0 Å². The van der Waals surface area contributed by atoms with Crippen LogP contribution in [0.25, 0.3) is 0 Å². The van der Waals surface area contributed by atoms with Crippen molar-refractivity contribution in [2.45, 2.75) is 37.6 Å². The smallest absolute Gasteiger partial charge is 0.790 e. The minimum atomic E-state index is -5.32. The second-order valence-corrected chi connectivity index (χ2v) is 4.34. The molecule has 1 saturated heterocycles. The van der Waals surface area contributed by atoms with E-state index in [4.69, 9.17) is 4.74 Å². The van der Waals surface area contributed by atoms with Crippen LogP contribution in [0.5, 0.6) is 0 Å². The Labute approximate surface area is 142 Å². The third-order valence-electron chi connectivity index (χ3n) is 2.04. The van der Waals surface area contributed by atoms with Crippen molar-refractivity contribution >= 4 is 7.82 Å². The van der Waals surface area contributed by atoms with Gasteiger partial charge in [-0.25, -0.2) is 0 Å². The van der Waals surface area contributed by atoms with Crippen molar-refractivity contribution in [3.8, 4) is 0 Å². The molecule has 0 spiro atoms. The summed E-state index contributed by atoms with van der Waals surface area (Å²) in [5.74, 6) is 0. The average molecular weight is 288 g/mol. The Bertz CT molecular complexity index is 273. The van der Waals surface area contributed by atoms with Crippen molar-refractivity contribution in [3.05, 3.63) is 0 Å². The van der Waals surface area contributed by atoms with Gasteiger partial charge in [0.2, 0.25) is 0 Å². The Morgan fingerprint density at radius 3 is 2.00 bits per heavy atom. The van der Waals surface area contributed by atoms with E-state index >= 15 is 0 Å². The minimum absolute atomic E-state index is 0. The number of aliphatic hydroxyl groups excluding tert-OH is 3. The number of hydrogen-bond donors (Lipinski definition) is 3. The van der Waals surface area contributed by atoms with Gasteiger partial charge >= 0.3 is 59.1 Å². The zero-order chi connectivity index (χ0) is 11.8. The molecule has 90 valence electrons. The summed E-state index contributed by atoms with van der Waals surface area (Å²) >= 11 is 0. The molecule has 17 heavy (non-hydrogen) atoms. The largest absolute Gasteiger partial charge is 1.00 e. The topological polar surface area (TPSA) is 142 Å². The Balaban J connectivity index is 0. The quantitative estimate of drug-likeness (QED) is 0.336. The third kappa shape index (κ3) is 6.29. The number of phosphoric ester groups is 1. The van der Waals surface area contributed by atoms with Crippen LogP contribution in [0.15, 0.2) is 0 Å². The maximum atomic E-state index is 10.3. The maximum Gasteiger partial charge on any atom is 1.00 e. The minimum Gasteiger partial charge on any atom is -0.790 e. The Hall–Kier alpha value is 1.95. The number of rotatable bonds is 2. The van der Waals surface area contributed by atoms with Crippen LogP contribution in [0, 0.1) is 0 Å². The molecule has 0 amide bonds. The second kappa shape index (κ2) is 8.28. The summed E-state index contributed by atoms with van der Waals surface area (Å²) in [4.78, 5) is 20.5. The second-order valence-electron chi connectivity index (χ2n) is 3.23. The van der Waals surface area contributed by atoms with Gasteiger partial charge in [-0.15, -0.1) is 0 Å². The Kier molecular flexibility index (Phi) is 10.4. The summed E-state index contributed by atoms with van der Waals surface area (Å²) in [6.07, 6.45) is -7.56. The molecule has 0 aliphatic carbocycles. The molecule has 0 radical (unpaired) electrons. The van der Waals surface area contributed by atoms with E-state index in [2.05, 4.69) is 4.52 Å². The van der Waals surface area contributed by atoms with Crippen LogP contribution in [0.1, 0.15) is 6.92 Å². The van der Waals surface area contributed by atoms with Gasteiger partial charge < -0.3 is 38.9 Å². The number of aliphatic hydroxyl groups is 3.